The predicted molar refractivity (Wildman–Crippen MR) is 117 cm³/mol. The summed E-state index contributed by atoms with van der Waals surface area (Å²) in [7, 11) is 9.35. The Morgan fingerprint density at radius 3 is 2.55 bits per heavy atom. The van der Waals surface area contributed by atoms with Gasteiger partial charge < -0.3 is 25.0 Å². The molecular weight excluding hydrogens is 368 g/mol. The van der Waals surface area contributed by atoms with E-state index >= 15 is 0 Å². The molecule has 1 aromatic carbocycles. The number of methoxy groups -OCH3 is 2. The number of nitrogens with one attached hydrogen (secondary N) is 2. The number of hydrogen-bond acceptors (Lipinski definition) is 5. The SMILES string of the molecule is CCNC(=NCC(c1cnn(C)c1)N(C)C)NCCc1ccc(OC)c(OC)c1. The fourth-order valence-corrected chi connectivity index (χ4v) is 3.06. The van der Waals surface area contributed by atoms with Crippen LogP contribution in [0.4, 0.5) is 0 Å². The molecule has 0 saturated carbocycles. The van der Waals surface area contributed by atoms with E-state index in [2.05, 4.69) is 47.7 Å². The molecule has 0 amide bonds. The van der Waals surface area contributed by atoms with Crippen LogP contribution in [0, 0.1) is 0 Å². The zero-order valence-electron chi connectivity index (χ0n) is 18.4. The van der Waals surface area contributed by atoms with Crippen LogP contribution >= 0.6 is 0 Å². The van der Waals surface area contributed by atoms with E-state index in [-0.39, 0.29) is 6.04 Å². The van der Waals surface area contributed by atoms with Crippen LogP contribution in [0.25, 0.3) is 0 Å². The zero-order valence-corrected chi connectivity index (χ0v) is 18.4. The van der Waals surface area contributed by atoms with Crippen LogP contribution in [0.2, 0.25) is 0 Å². The molecule has 0 radical (unpaired) electrons. The first-order valence-electron chi connectivity index (χ1n) is 9.86. The molecule has 0 aliphatic rings. The van der Waals surface area contributed by atoms with Crippen molar-refractivity contribution in [1.29, 1.82) is 0 Å². The van der Waals surface area contributed by atoms with Crippen LogP contribution in [-0.2, 0) is 13.5 Å². The minimum absolute atomic E-state index is 0.171. The van der Waals surface area contributed by atoms with Gasteiger partial charge in [0.15, 0.2) is 17.5 Å². The molecule has 2 N–H and O–H groups in total. The summed E-state index contributed by atoms with van der Waals surface area (Å²) in [5.41, 5.74) is 2.33. The second kappa shape index (κ2) is 11.3. The lowest BCUT2D eigenvalue weighted by atomic mass is 10.1. The van der Waals surface area contributed by atoms with Crippen LogP contribution < -0.4 is 20.1 Å². The highest BCUT2D eigenvalue weighted by atomic mass is 16.5. The molecule has 8 heteroatoms. The Kier molecular flexibility index (Phi) is 8.79. The number of hydrogen-bond donors (Lipinski definition) is 2. The van der Waals surface area contributed by atoms with Gasteiger partial charge in [0.1, 0.15) is 0 Å². The Morgan fingerprint density at radius 2 is 1.97 bits per heavy atom. The van der Waals surface area contributed by atoms with Crippen molar-refractivity contribution in [3.63, 3.8) is 0 Å². The number of ether oxygens (including phenoxy) is 2. The van der Waals surface area contributed by atoms with Gasteiger partial charge in [0.25, 0.3) is 0 Å². The molecule has 2 rings (SSSR count). The molecule has 0 saturated heterocycles. The summed E-state index contributed by atoms with van der Waals surface area (Å²) in [6.07, 6.45) is 4.79. The first-order valence-corrected chi connectivity index (χ1v) is 9.86. The first-order chi connectivity index (χ1) is 14.0. The molecule has 160 valence electrons. The highest BCUT2D eigenvalue weighted by Gasteiger charge is 2.15. The van der Waals surface area contributed by atoms with Crippen molar-refractivity contribution < 1.29 is 9.47 Å². The monoisotopic (exact) mass is 402 g/mol. The third-order valence-electron chi connectivity index (χ3n) is 4.65. The molecule has 1 aromatic heterocycles. The molecule has 0 aliphatic heterocycles. The molecule has 8 nitrogen and oxygen atoms in total. The van der Waals surface area contributed by atoms with E-state index in [9.17, 15) is 0 Å². The summed E-state index contributed by atoms with van der Waals surface area (Å²) in [4.78, 5) is 6.94. The summed E-state index contributed by atoms with van der Waals surface area (Å²) in [5, 5.41) is 11.0. The fraction of sp³-hybridized carbons (Fsp3) is 0.524. The Labute approximate surface area is 173 Å². The molecular formula is C21H34N6O2. The predicted octanol–water partition coefficient (Wildman–Crippen LogP) is 1.84. The average molecular weight is 403 g/mol. The third-order valence-corrected chi connectivity index (χ3v) is 4.65. The van der Waals surface area contributed by atoms with E-state index in [4.69, 9.17) is 14.5 Å². The van der Waals surface area contributed by atoms with Gasteiger partial charge in [-0.15, -0.1) is 0 Å². The summed E-state index contributed by atoms with van der Waals surface area (Å²) in [5.74, 6) is 2.30. The van der Waals surface area contributed by atoms with Crippen molar-refractivity contribution in [3.8, 4) is 11.5 Å². The largest absolute Gasteiger partial charge is 0.493 e. The van der Waals surface area contributed by atoms with Gasteiger partial charge >= 0.3 is 0 Å². The van der Waals surface area contributed by atoms with Crippen LogP contribution in [0.15, 0.2) is 35.6 Å². The zero-order chi connectivity index (χ0) is 21.2. The molecule has 2 aromatic rings. The smallest absolute Gasteiger partial charge is 0.191 e. The van der Waals surface area contributed by atoms with Crippen LogP contribution in [0.1, 0.15) is 24.1 Å². The van der Waals surface area contributed by atoms with E-state index < -0.39 is 0 Å². The minimum Gasteiger partial charge on any atom is -0.493 e. The van der Waals surface area contributed by atoms with Crippen LogP contribution in [-0.4, -0.2) is 68.6 Å². The average Bonchev–Trinajstić information content (AvgIpc) is 3.13. The number of aliphatic imine (C=N–C) groups is 1. The summed E-state index contributed by atoms with van der Waals surface area (Å²) in [6.45, 7) is 4.28. The number of benzene rings is 1. The molecule has 1 unspecified atom stereocenters. The molecule has 0 aliphatic carbocycles. The van der Waals surface area contributed by atoms with Gasteiger partial charge in [-0.2, -0.15) is 5.10 Å². The van der Waals surface area contributed by atoms with Gasteiger partial charge in [0, 0.05) is 31.9 Å². The second-order valence-electron chi connectivity index (χ2n) is 7.01. The van der Waals surface area contributed by atoms with Crippen molar-refractivity contribution in [2.24, 2.45) is 12.0 Å². The maximum Gasteiger partial charge on any atom is 0.191 e. The summed E-state index contributed by atoms with van der Waals surface area (Å²) >= 11 is 0. The lowest BCUT2D eigenvalue weighted by molar-refractivity contribution is 0.306. The Bertz CT molecular complexity index is 787. The molecule has 1 heterocycles. The van der Waals surface area contributed by atoms with E-state index in [1.165, 1.54) is 5.56 Å². The van der Waals surface area contributed by atoms with Gasteiger partial charge in [-0.25, -0.2) is 0 Å². The van der Waals surface area contributed by atoms with Gasteiger partial charge in [-0.1, -0.05) is 6.07 Å². The number of nitrogens with zero attached hydrogens (tertiary/aromatic N) is 4. The van der Waals surface area contributed by atoms with E-state index in [1.54, 1.807) is 14.2 Å². The van der Waals surface area contributed by atoms with Gasteiger partial charge in [0.2, 0.25) is 0 Å². The second-order valence-corrected chi connectivity index (χ2v) is 7.01. The quantitative estimate of drug-likeness (QED) is 0.467. The fourth-order valence-electron chi connectivity index (χ4n) is 3.06. The lowest BCUT2D eigenvalue weighted by Gasteiger charge is -2.22. The van der Waals surface area contributed by atoms with Crippen molar-refractivity contribution in [2.45, 2.75) is 19.4 Å². The number of rotatable bonds is 10. The highest BCUT2D eigenvalue weighted by molar-refractivity contribution is 5.79. The normalized spacial score (nSPS) is 12.7. The van der Waals surface area contributed by atoms with E-state index in [1.807, 2.05) is 36.3 Å². The minimum atomic E-state index is 0.171. The van der Waals surface area contributed by atoms with Crippen molar-refractivity contribution in [2.75, 3.05) is 47.9 Å². The maximum absolute atomic E-state index is 5.38. The third kappa shape index (κ3) is 6.67. The Balaban J connectivity index is 1.98. The van der Waals surface area contributed by atoms with E-state index in [0.29, 0.717) is 6.54 Å². The topological polar surface area (TPSA) is 75.9 Å². The molecule has 29 heavy (non-hydrogen) atoms. The van der Waals surface area contributed by atoms with Gasteiger partial charge in [-0.3, -0.25) is 9.67 Å². The standard InChI is InChI=1S/C21H34N6O2/c1-7-22-21(24-14-18(26(2)3)17-13-25-27(4)15-17)23-11-10-16-8-9-19(28-5)20(12-16)29-6/h8-9,12-13,15,18H,7,10-11,14H2,1-6H3,(H2,22,23,24). The number of guanidine groups is 1. The van der Waals surface area contributed by atoms with Gasteiger partial charge in [0.05, 0.1) is 33.0 Å². The molecule has 0 bridgehead atoms. The Morgan fingerprint density at radius 1 is 1.21 bits per heavy atom. The Hall–Kier alpha value is -2.74. The molecule has 1 atom stereocenters. The lowest BCUT2D eigenvalue weighted by Crippen LogP contribution is -2.39. The van der Waals surface area contributed by atoms with Crippen molar-refractivity contribution in [3.05, 3.63) is 41.7 Å². The van der Waals surface area contributed by atoms with Crippen molar-refractivity contribution in [1.82, 2.24) is 25.3 Å². The number of aromatic nitrogens is 2. The number of aryl methyl sites for hydroxylation is 1. The van der Waals surface area contributed by atoms with Crippen molar-refractivity contribution >= 4 is 5.96 Å². The summed E-state index contributed by atoms with van der Waals surface area (Å²) < 4.78 is 12.5. The van der Waals surface area contributed by atoms with Crippen LogP contribution in [0.3, 0.4) is 0 Å². The summed E-state index contributed by atoms with van der Waals surface area (Å²) in [6, 6.07) is 6.17. The maximum atomic E-state index is 5.38. The molecule has 0 spiro atoms. The molecule has 0 fully saturated rings. The van der Waals surface area contributed by atoms with Gasteiger partial charge in [-0.05, 0) is 45.1 Å². The number of likely N-dealkylation sites (N-methyl/N-ethyl adjacent to an activating group) is 1. The highest BCUT2D eigenvalue weighted by Crippen LogP contribution is 2.27. The van der Waals surface area contributed by atoms with E-state index in [0.717, 1.165) is 42.5 Å². The first kappa shape index (κ1) is 22.5. The van der Waals surface area contributed by atoms with Crippen LogP contribution in [0.5, 0.6) is 11.5 Å².